The van der Waals surface area contributed by atoms with Gasteiger partial charge in [-0.05, 0) is 39.9 Å². The van der Waals surface area contributed by atoms with Crippen LogP contribution in [0.2, 0.25) is 0 Å². The van der Waals surface area contributed by atoms with Gasteiger partial charge >= 0.3 is 0 Å². The second-order valence-electron chi connectivity index (χ2n) is 4.73. The van der Waals surface area contributed by atoms with Gasteiger partial charge in [0.15, 0.2) is 0 Å². The number of nitrogens with zero attached hydrogens (tertiary/aromatic N) is 2. The molecule has 1 N–H and O–H groups in total. The molecule has 0 spiro atoms. The van der Waals surface area contributed by atoms with Crippen LogP contribution in [0.25, 0.3) is 0 Å². The highest BCUT2D eigenvalue weighted by atomic mass is 16.3. The van der Waals surface area contributed by atoms with Crippen LogP contribution in [0.15, 0.2) is 12.7 Å². The van der Waals surface area contributed by atoms with Crippen molar-refractivity contribution in [1.29, 1.82) is 0 Å². The van der Waals surface area contributed by atoms with Crippen molar-refractivity contribution in [2.24, 2.45) is 0 Å². The molecule has 88 valence electrons. The summed E-state index contributed by atoms with van der Waals surface area (Å²) in [6.45, 7) is 6.71. The van der Waals surface area contributed by atoms with Crippen molar-refractivity contribution >= 4 is 0 Å². The SMILES string of the molecule is C=CCCCN1CC(O)CC1CN(C)C. The quantitative estimate of drug-likeness (QED) is 0.524. The van der Waals surface area contributed by atoms with E-state index in [9.17, 15) is 5.11 Å². The Labute approximate surface area is 93.4 Å². The van der Waals surface area contributed by atoms with Gasteiger partial charge < -0.3 is 10.0 Å². The van der Waals surface area contributed by atoms with Crippen LogP contribution in [0.1, 0.15) is 19.3 Å². The summed E-state index contributed by atoms with van der Waals surface area (Å²) in [7, 11) is 4.18. The van der Waals surface area contributed by atoms with Gasteiger partial charge in [-0.3, -0.25) is 4.90 Å². The number of aliphatic hydroxyl groups excluding tert-OH is 1. The Balaban J connectivity index is 2.34. The third-order valence-electron chi connectivity index (χ3n) is 2.94. The number of β-amino-alcohol motifs (C(OH)–C–C–N with tert-alkyl or cyclic N) is 1. The number of aliphatic hydroxyl groups is 1. The molecule has 0 saturated carbocycles. The normalized spacial score (nSPS) is 27.5. The van der Waals surface area contributed by atoms with Crippen LogP contribution in [0.3, 0.4) is 0 Å². The highest BCUT2D eigenvalue weighted by Crippen LogP contribution is 2.18. The Morgan fingerprint density at radius 3 is 2.87 bits per heavy atom. The minimum absolute atomic E-state index is 0.126. The van der Waals surface area contributed by atoms with Gasteiger partial charge in [-0.25, -0.2) is 0 Å². The van der Waals surface area contributed by atoms with Crippen LogP contribution in [0.5, 0.6) is 0 Å². The number of allylic oxidation sites excluding steroid dienone is 1. The van der Waals surface area contributed by atoms with Gasteiger partial charge in [0.1, 0.15) is 0 Å². The molecule has 1 aliphatic rings. The van der Waals surface area contributed by atoms with Crippen LogP contribution in [0.4, 0.5) is 0 Å². The number of likely N-dealkylation sites (tertiary alicyclic amines) is 1. The first kappa shape index (κ1) is 12.7. The molecule has 1 saturated heterocycles. The van der Waals surface area contributed by atoms with Gasteiger partial charge in [0.25, 0.3) is 0 Å². The topological polar surface area (TPSA) is 26.7 Å². The van der Waals surface area contributed by atoms with E-state index in [2.05, 4.69) is 30.5 Å². The van der Waals surface area contributed by atoms with Gasteiger partial charge in [0, 0.05) is 19.1 Å². The molecular weight excluding hydrogens is 188 g/mol. The lowest BCUT2D eigenvalue weighted by Crippen LogP contribution is -2.38. The minimum atomic E-state index is -0.126. The summed E-state index contributed by atoms with van der Waals surface area (Å²) in [5.74, 6) is 0. The zero-order valence-corrected chi connectivity index (χ0v) is 10.0. The van der Waals surface area contributed by atoms with Crippen molar-refractivity contribution in [3.05, 3.63) is 12.7 Å². The minimum Gasteiger partial charge on any atom is -0.392 e. The maximum Gasteiger partial charge on any atom is 0.0682 e. The smallest absolute Gasteiger partial charge is 0.0682 e. The number of likely N-dealkylation sites (N-methyl/N-ethyl adjacent to an activating group) is 1. The van der Waals surface area contributed by atoms with E-state index in [1.807, 2.05) is 6.08 Å². The van der Waals surface area contributed by atoms with E-state index in [0.29, 0.717) is 6.04 Å². The number of hydrogen-bond donors (Lipinski definition) is 1. The highest BCUT2D eigenvalue weighted by molar-refractivity contribution is 4.86. The molecule has 0 bridgehead atoms. The lowest BCUT2D eigenvalue weighted by molar-refractivity contribution is 0.172. The molecule has 0 aromatic carbocycles. The first-order chi connectivity index (χ1) is 7.13. The molecule has 0 aliphatic carbocycles. The first-order valence-corrected chi connectivity index (χ1v) is 5.81. The van der Waals surface area contributed by atoms with E-state index in [1.165, 1.54) is 0 Å². The van der Waals surface area contributed by atoms with Crippen LogP contribution in [0, 0.1) is 0 Å². The second kappa shape index (κ2) is 6.26. The zero-order valence-electron chi connectivity index (χ0n) is 10.0. The number of hydrogen-bond acceptors (Lipinski definition) is 3. The van der Waals surface area contributed by atoms with Gasteiger partial charge in [0.05, 0.1) is 6.10 Å². The third kappa shape index (κ3) is 4.33. The van der Waals surface area contributed by atoms with Crippen molar-refractivity contribution < 1.29 is 5.11 Å². The molecule has 1 aliphatic heterocycles. The molecule has 2 unspecified atom stereocenters. The molecule has 1 fully saturated rings. The third-order valence-corrected chi connectivity index (χ3v) is 2.94. The lowest BCUT2D eigenvalue weighted by atomic mass is 10.2. The Morgan fingerprint density at radius 2 is 2.27 bits per heavy atom. The summed E-state index contributed by atoms with van der Waals surface area (Å²) < 4.78 is 0. The predicted molar refractivity (Wildman–Crippen MR) is 64.0 cm³/mol. The lowest BCUT2D eigenvalue weighted by Gasteiger charge is -2.26. The van der Waals surface area contributed by atoms with Gasteiger partial charge in [-0.2, -0.15) is 0 Å². The highest BCUT2D eigenvalue weighted by Gasteiger charge is 2.30. The van der Waals surface area contributed by atoms with Gasteiger partial charge in [-0.15, -0.1) is 6.58 Å². The van der Waals surface area contributed by atoms with Crippen molar-refractivity contribution in [1.82, 2.24) is 9.80 Å². The van der Waals surface area contributed by atoms with E-state index in [1.54, 1.807) is 0 Å². The molecule has 15 heavy (non-hydrogen) atoms. The maximum atomic E-state index is 9.66. The zero-order chi connectivity index (χ0) is 11.3. The summed E-state index contributed by atoms with van der Waals surface area (Å²) >= 11 is 0. The molecule has 0 aromatic rings. The standard InChI is InChI=1S/C12H24N2O/c1-4-5-6-7-14-10-12(15)8-11(14)9-13(2)3/h4,11-12,15H,1,5-10H2,2-3H3. The summed E-state index contributed by atoms with van der Waals surface area (Å²) in [5.41, 5.74) is 0. The first-order valence-electron chi connectivity index (χ1n) is 5.81. The number of rotatable bonds is 6. The largest absolute Gasteiger partial charge is 0.392 e. The fourth-order valence-electron chi connectivity index (χ4n) is 2.28. The molecule has 0 radical (unpaired) electrons. The molecule has 1 rings (SSSR count). The molecule has 0 amide bonds. The van der Waals surface area contributed by atoms with E-state index in [4.69, 9.17) is 0 Å². The Kier molecular flexibility index (Phi) is 5.29. The van der Waals surface area contributed by atoms with Crippen molar-refractivity contribution in [3.63, 3.8) is 0 Å². The van der Waals surface area contributed by atoms with Crippen LogP contribution >= 0.6 is 0 Å². The maximum absolute atomic E-state index is 9.66. The second-order valence-corrected chi connectivity index (χ2v) is 4.73. The predicted octanol–water partition coefficient (Wildman–Crippen LogP) is 0.949. The molecule has 2 atom stereocenters. The fourth-order valence-corrected chi connectivity index (χ4v) is 2.28. The van der Waals surface area contributed by atoms with Crippen LogP contribution in [-0.4, -0.2) is 60.8 Å². The summed E-state index contributed by atoms with van der Waals surface area (Å²) in [5, 5.41) is 9.66. The van der Waals surface area contributed by atoms with Crippen LogP contribution in [-0.2, 0) is 0 Å². The van der Waals surface area contributed by atoms with E-state index in [0.717, 1.165) is 38.9 Å². The molecule has 1 heterocycles. The Hall–Kier alpha value is -0.380. The van der Waals surface area contributed by atoms with Crippen molar-refractivity contribution in [2.45, 2.75) is 31.4 Å². The van der Waals surface area contributed by atoms with Crippen molar-refractivity contribution in [2.75, 3.05) is 33.7 Å². The van der Waals surface area contributed by atoms with E-state index < -0.39 is 0 Å². The molecule has 0 aromatic heterocycles. The average molecular weight is 212 g/mol. The van der Waals surface area contributed by atoms with Gasteiger partial charge in [0.2, 0.25) is 0 Å². The molecule has 3 nitrogen and oxygen atoms in total. The summed E-state index contributed by atoms with van der Waals surface area (Å²) in [6.07, 6.45) is 4.99. The Bertz CT molecular complexity index is 194. The van der Waals surface area contributed by atoms with Crippen LogP contribution < -0.4 is 0 Å². The molecule has 3 heteroatoms. The summed E-state index contributed by atoms with van der Waals surface area (Å²) in [6, 6.07) is 0.528. The Morgan fingerprint density at radius 1 is 1.53 bits per heavy atom. The van der Waals surface area contributed by atoms with Gasteiger partial charge in [-0.1, -0.05) is 6.08 Å². The monoisotopic (exact) mass is 212 g/mol. The van der Waals surface area contributed by atoms with E-state index >= 15 is 0 Å². The molecular formula is C12H24N2O. The fraction of sp³-hybridized carbons (Fsp3) is 0.833. The average Bonchev–Trinajstić information content (AvgIpc) is 2.46. The van der Waals surface area contributed by atoms with Crippen molar-refractivity contribution in [3.8, 4) is 0 Å². The summed E-state index contributed by atoms with van der Waals surface area (Å²) in [4.78, 5) is 4.61. The number of unbranched alkanes of at least 4 members (excludes halogenated alkanes) is 1. The van der Waals surface area contributed by atoms with E-state index in [-0.39, 0.29) is 6.10 Å².